The third-order valence-corrected chi connectivity index (χ3v) is 6.03. The highest BCUT2D eigenvalue weighted by Gasteiger charge is 2.36. The Morgan fingerprint density at radius 1 is 1.45 bits per heavy atom. The lowest BCUT2D eigenvalue weighted by Crippen LogP contribution is -2.47. The summed E-state index contributed by atoms with van der Waals surface area (Å²) in [6, 6.07) is 0.00681. The molecule has 0 radical (unpaired) electrons. The van der Waals surface area contributed by atoms with Crippen molar-refractivity contribution in [2.24, 2.45) is 11.7 Å². The van der Waals surface area contributed by atoms with Crippen LogP contribution in [0.3, 0.4) is 0 Å². The van der Waals surface area contributed by atoms with Crippen LogP contribution >= 0.6 is 0 Å². The molecule has 1 saturated carbocycles. The number of nitrogens with zero attached hydrogens (tertiary/aromatic N) is 2. The number of sulfonamides is 1. The van der Waals surface area contributed by atoms with Crippen LogP contribution in [0.15, 0.2) is 11.2 Å². The molecule has 0 aromatic carbocycles. The standard InChI is InChI=1S/C13H24N4O2S/c1-3-17(12-7-5-4-6-11(12)8-14)20(18,19)13-9-15-10(2)16-13/h9,11-12H,3-8,14H2,1-2H3,(H,15,16). The summed E-state index contributed by atoms with van der Waals surface area (Å²) in [5.41, 5.74) is 5.83. The molecule has 1 aromatic rings. The number of rotatable bonds is 5. The first-order valence-electron chi connectivity index (χ1n) is 7.24. The number of aryl methyl sites for hydroxylation is 1. The first kappa shape index (κ1) is 15.5. The van der Waals surface area contributed by atoms with Gasteiger partial charge in [-0.15, -0.1) is 0 Å². The van der Waals surface area contributed by atoms with Crippen molar-refractivity contribution in [2.75, 3.05) is 13.1 Å². The van der Waals surface area contributed by atoms with Gasteiger partial charge in [0.15, 0.2) is 5.03 Å². The van der Waals surface area contributed by atoms with Crippen molar-refractivity contribution in [3.8, 4) is 0 Å². The SMILES string of the molecule is CCN(C1CCCCC1CN)S(=O)(=O)c1cnc(C)[nH]1. The summed E-state index contributed by atoms with van der Waals surface area (Å²) in [4.78, 5) is 6.83. The van der Waals surface area contributed by atoms with E-state index in [0.29, 0.717) is 18.9 Å². The minimum atomic E-state index is -3.51. The molecule has 2 atom stereocenters. The van der Waals surface area contributed by atoms with Crippen LogP contribution in [0, 0.1) is 12.8 Å². The molecule has 20 heavy (non-hydrogen) atoms. The van der Waals surface area contributed by atoms with Gasteiger partial charge in [0.2, 0.25) is 0 Å². The highest BCUT2D eigenvalue weighted by atomic mass is 32.2. The van der Waals surface area contributed by atoms with Gasteiger partial charge in [0, 0.05) is 12.6 Å². The number of nitrogens with two attached hydrogens (primary N) is 1. The molecule has 7 heteroatoms. The zero-order chi connectivity index (χ0) is 14.8. The summed E-state index contributed by atoms with van der Waals surface area (Å²) in [5.74, 6) is 0.862. The Morgan fingerprint density at radius 3 is 2.70 bits per heavy atom. The Bertz CT molecular complexity index is 540. The monoisotopic (exact) mass is 300 g/mol. The van der Waals surface area contributed by atoms with Gasteiger partial charge in [0.25, 0.3) is 10.0 Å². The lowest BCUT2D eigenvalue weighted by molar-refractivity contribution is 0.187. The van der Waals surface area contributed by atoms with E-state index in [1.807, 2.05) is 6.92 Å². The molecule has 6 nitrogen and oxygen atoms in total. The van der Waals surface area contributed by atoms with Crippen molar-refractivity contribution in [3.63, 3.8) is 0 Å². The molecular weight excluding hydrogens is 276 g/mol. The Morgan fingerprint density at radius 2 is 2.15 bits per heavy atom. The number of aromatic nitrogens is 2. The van der Waals surface area contributed by atoms with E-state index in [4.69, 9.17) is 5.73 Å². The van der Waals surface area contributed by atoms with Gasteiger partial charge in [-0.2, -0.15) is 4.31 Å². The van der Waals surface area contributed by atoms with Gasteiger partial charge in [-0.3, -0.25) is 0 Å². The predicted octanol–water partition coefficient (Wildman–Crippen LogP) is 1.25. The van der Waals surface area contributed by atoms with Crippen molar-refractivity contribution in [2.45, 2.75) is 50.6 Å². The van der Waals surface area contributed by atoms with E-state index in [1.54, 1.807) is 11.2 Å². The minimum Gasteiger partial charge on any atom is -0.332 e. The summed E-state index contributed by atoms with van der Waals surface area (Å²) in [5, 5.41) is 0.179. The number of imidazole rings is 1. The molecule has 1 fully saturated rings. The van der Waals surface area contributed by atoms with Crippen LogP contribution in [0.5, 0.6) is 0 Å². The molecule has 2 unspecified atom stereocenters. The van der Waals surface area contributed by atoms with Crippen LogP contribution in [0.25, 0.3) is 0 Å². The molecule has 3 N–H and O–H groups in total. The van der Waals surface area contributed by atoms with E-state index in [0.717, 1.165) is 25.7 Å². The van der Waals surface area contributed by atoms with Crippen LogP contribution in [0.4, 0.5) is 0 Å². The van der Waals surface area contributed by atoms with Crippen LogP contribution in [0.1, 0.15) is 38.4 Å². The van der Waals surface area contributed by atoms with E-state index in [-0.39, 0.29) is 17.0 Å². The topological polar surface area (TPSA) is 92.1 Å². The van der Waals surface area contributed by atoms with Gasteiger partial charge in [-0.05, 0) is 32.2 Å². The lowest BCUT2D eigenvalue weighted by atomic mass is 9.84. The third kappa shape index (κ3) is 2.89. The molecule has 2 rings (SSSR count). The highest BCUT2D eigenvalue weighted by molar-refractivity contribution is 7.89. The second kappa shape index (κ2) is 6.24. The molecule has 114 valence electrons. The summed E-state index contributed by atoms with van der Waals surface area (Å²) in [7, 11) is -3.51. The second-order valence-electron chi connectivity index (χ2n) is 5.39. The Labute approximate surface area is 120 Å². The number of aromatic amines is 1. The molecule has 0 amide bonds. The van der Waals surface area contributed by atoms with Gasteiger partial charge >= 0.3 is 0 Å². The first-order chi connectivity index (χ1) is 9.50. The van der Waals surface area contributed by atoms with Crippen LogP contribution in [-0.2, 0) is 10.0 Å². The van der Waals surface area contributed by atoms with E-state index in [2.05, 4.69) is 9.97 Å². The molecule has 0 aliphatic heterocycles. The quantitative estimate of drug-likeness (QED) is 0.856. The fourth-order valence-electron chi connectivity index (χ4n) is 3.08. The fraction of sp³-hybridized carbons (Fsp3) is 0.769. The molecule has 0 saturated heterocycles. The summed E-state index contributed by atoms with van der Waals surface area (Å²) in [6.07, 6.45) is 5.50. The van der Waals surface area contributed by atoms with Crippen molar-refractivity contribution < 1.29 is 8.42 Å². The van der Waals surface area contributed by atoms with E-state index in [1.165, 1.54) is 6.20 Å². The summed E-state index contributed by atoms with van der Waals surface area (Å²) < 4.78 is 27.1. The van der Waals surface area contributed by atoms with Crippen molar-refractivity contribution in [3.05, 3.63) is 12.0 Å². The van der Waals surface area contributed by atoms with Crippen LogP contribution in [0.2, 0.25) is 0 Å². The molecule has 1 aliphatic carbocycles. The maximum Gasteiger partial charge on any atom is 0.260 e. The van der Waals surface area contributed by atoms with Crippen molar-refractivity contribution in [1.82, 2.24) is 14.3 Å². The Balaban J connectivity index is 2.31. The van der Waals surface area contributed by atoms with E-state index in [9.17, 15) is 8.42 Å². The Kier molecular flexibility index (Phi) is 4.82. The fourth-order valence-corrected chi connectivity index (χ4v) is 4.77. The predicted molar refractivity (Wildman–Crippen MR) is 77.7 cm³/mol. The van der Waals surface area contributed by atoms with Crippen molar-refractivity contribution in [1.29, 1.82) is 0 Å². The normalized spacial score (nSPS) is 24.2. The zero-order valence-electron chi connectivity index (χ0n) is 12.2. The van der Waals surface area contributed by atoms with Crippen molar-refractivity contribution >= 4 is 10.0 Å². The summed E-state index contributed by atoms with van der Waals surface area (Å²) >= 11 is 0. The largest absolute Gasteiger partial charge is 0.332 e. The van der Waals surface area contributed by atoms with Gasteiger partial charge < -0.3 is 10.7 Å². The highest BCUT2D eigenvalue weighted by Crippen LogP contribution is 2.31. The average molecular weight is 300 g/mol. The van der Waals surface area contributed by atoms with E-state index >= 15 is 0 Å². The van der Waals surface area contributed by atoms with Crippen LogP contribution in [-0.4, -0.2) is 41.8 Å². The molecule has 0 spiro atoms. The maximum atomic E-state index is 12.8. The molecule has 1 aromatic heterocycles. The smallest absolute Gasteiger partial charge is 0.260 e. The van der Waals surface area contributed by atoms with E-state index < -0.39 is 10.0 Å². The number of hydrogen-bond acceptors (Lipinski definition) is 4. The van der Waals surface area contributed by atoms with Gasteiger partial charge in [-0.25, -0.2) is 13.4 Å². The number of hydrogen-bond donors (Lipinski definition) is 2. The molecule has 1 aliphatic rings. The summed E-state index contributed by atoms with van der Waals surface area (Å²) in [6.45, 7) is 4.63. The minimum absolute atomic E-state index is 0.00681. The Hall–Kier alpha value is -0.920. The first-order valence-corrected chi connectivity index (χ1v) is 8.68. The number of nitrogens with one attached hydrogen (secondary N) is 1. The molecular formula is C13H24N4O2S. The van der Waals surface area contributed by atoms with Gasteiger partial charge in [0.1, 0.15) is 5.82 Å². The number of H-pyrrole nitrogens is 1. The molecule has 1 heterocycles. The third-order valence-electron chi connectivity index (χ3n) is 4.12. The zero-order valence-corrected chi connectivity index (χ0v) is 13.0. The average Bonchev–Trinajstić information content (AvgIpc) is 2.87. The maximum absolute atomic E-state index is 12.8. The second-order valence-corrected chi connectivity index (χ2v) is 7.25. The lowest BCUT2D eigenvalue weighted by Gasteiger charge is -2.37. The van der Waals surface area contributed by atoms with Gasteiger partial charge in [0.05, 0.1) is 6.20 Å². The van der Waals surface area contributed by atoms with Crippen LogP contribution < -0.4 is 5.73 Å². The van der Waals surface area contributed by atoms with Gasteiger partial charge in [-0.1, -0.05) is 19.8 Å². The molecule has 0 bridgehead atoms.